The fourth-order valence-corrected chi connectivity index (χ4v) is 2.76. The Morgan fingerprint density at radius 1 is 1.35 bits per heavy atom. The van der Waals surface area contributed by atoms with E-state index < -0.39 is 6.10 Å². The molecule has 108 valence electrons. The maximum absolute atomic E-state index is 12.5. The fourth-order valence-electron chi connectivity index (χ4n) is 2.76. The van der Waals surface area contributed by atoms with Crippen LogP contribution in [-0.2, 0) is 4.79 Å². The lowest BCUT2D eigenvalue weighted by Crippen LogP contribution is -2.53. The molecule has 0 bridgehead atoms. The molecule has 1 aromatic carbocycles. The Hall–Kier alpha value is -1.75. The molecule has 1 amide bonds. The lowest BCUT2D eigenvalue weighted by atomic mass is 10.1. The van der Waals surface area contributed by atoms with Crippen LogP contribution in [0.15, 0.2) is 24.3 Å². The van der Waals surface area contributed by atoms with Crippen LogP contribution in [0.5, 0.6) is 11.5 Å². The molecule has 2 atom stereocenters. The van der Waals surface area contributed by atoms with Crippen molar-refractivity contribution in [1.82, 2.24) is 10.2 Å². The molecule has 0 spiro atoms. The van der Waals surface area contributed by atoms with Crippen molar-refractivity contribution in [2.75, 3.05) is 26.7 Å². The van der Waals surface area contributed by atoms with Crippen molar-refractivity contribution in [2.45, 2.75) is 25.0 Å². The first-order valence-corrected chi connectivity index (χ1v) is 7.12. The molecule has 2 aliphatic heterocycles. The van der Waals surface area contributed by atoms with Gasteiger partial charge >= 0.3 is 0 Å². The number of hydrogen-bond acceptors (Lipinski definition) is 4. The minimum absolute atomic E-state index is 0.0273. The predicted molar refractivity (Wildman–Crippen MR) is 75.0 cm³/mol. The number of para-hydroxylation sites is 2. The number of nitrogens with zero attached hydrogens (tertiary/aromatic N) is 1. The van der Waals surface area contributed by atoms with E-state index in [4.69, 9.17) is 9.47 Å². The van der Waals surface area contributed by atoms with Gasteiger partial charge < -0.3 is 19.7 Å². The van der Waals surface area contributed by atoms with Gasteiger partial charge in [-0.25, -0.2) is 0 Å². The Kier molecular flexibility index (Phi) is 3.78. The number of benzene rings is 1. The second-order valence-electron chi connectivity index (χ2n) is 5.28. The zero-order chi connectivity index (χ0) is 13.9. The maximum atomic E-state index is 12.5. The predicted octanol–water partition coefficient (Wildman–Crippen LogP) is 1.04. The molecule has 0 aliphatic carbocycles. The van der Waals surface area contributed by atoms with E-state index in [-0.39, 0.29) is 12.5 Å². The Morgan fingerprint density at radius 2 is 2.15 bits per heavy atom. The van der Waals surface area contributed by atoms with Gasteiger partial charge in [-0.2, -0.15) is 0 Å². The molecule has 2 aliphatic rings. The lowest BCUT2D eigenvalue weighted by molar-refractivity contribution is -0.142. The number of likely N-dealkylation sites (tertiary alicyclic amines) is 1. The summed E-state index contributed by atoms with van der Waals surface area (Å²) in [6.07, 6.45) is 1.62. The quantitative estimate of drug-likeness (QED) is 0.877. The molecule has 5 nitrogen and oxygen atoms in total. The lowest BCUT2D eigenvalue weighted by Gasteiger charge is -2.35. The van der Waals surface area contributed by atoms with Crippen LogP contribution in [0.2, 0.25) is 0 Å². The van der Waals surface area contributed by atoms with E-state index in [1.54, 1.807) is 0 Å². The van der Waals surface area contributed by atoms with E-state index in [0.29, 0.717) is 17.5 Å². The molecule has 3 rings (SSSR count). The highest BCUT2D eigenvalue weighted by Crippen LogP contribution is 2.31. The van der Waals surface area contributed by atoms with Gasteiger partial charge in [0.1, 0.15) is 6.61 Å². The zero-order valence-electron chi connectivity index (χ0n) is 11.7. The van der Waals surface area contributed by atoms with Gasteiger partial charge in [0.25, 0.3) is 5.91 Å². The van der Waals surface area contributed by atoms with Crippen LogP contribution in [0.25, 0.3) is 0 Å². The van der Waals surface area contributed by atoms with Crippen LogP contribution in [-0.4, -0.2) is 49.7 Å². The molecule has 1 saturated heterocycles. The SMILES string of the molecule is CN[C@@H]1CCCN(C(=O)[C@@H]2COc3ccccc3O2)C1. The van der Waals surface area contributed by atoms with Crippen LogP contribution in [0, 0.1) is 0 Å². The van der Waals surface area contributed by atoms with Crippen molar-refractivity contribution in [1.29, 1.82) is 0 Å². The van der Waals surface area contributed by atoms with E-state index in [9.17, 15) is 4.79 Å². The monoisotopic (exact) mass is 276 g/mol. The zero-order valence-corrected chi connectivity index (χ0v) is 11.7. The molecule has 0 unspecified atom stereocenters. The summed E-state index contributed by atoms with van der Waals surface area (Å²) in [6, 6.07) is 7.85. The summed E-state index contributed by atoms with van der Waals surface area (Å²) in [5.41, 5.74) is 0. The Bertz CT molecular complexity index is 492. The summed E-state index contributed by atoms with van der Waals surface area (Å²) in [5.74, 6) is 1.39. The third-order valence-corrected chi connectivity index (χ3v) is 3.93. The first-order chi connectivity index (χ1) is 9.78. The Labute approximate surface area is 118 Å². The minimum Gasteiger partial charge on any atom is -0.485 e. The van der Waals surface area contributed by atoms with Gasteiger partial charge in [0.05, 0.1) is 0 Å². The van der Waals surface area contributed by atoms with Gasteiger partial charge in [-0.15, -0.1) is 0 Å². The number of likely N-dealkylation sites (N-methyl/N-ethyl adjacent to an activating group) is 1. The standard InChI is InChI=1S/C15H20N2O3/c1-16-11-5-4-8-17(9-11)15(18)14-10-19-12-6-2-3-7-13(12)20-14/h2-3,6-7,11,14,16H,4-5,8-10H2,1H3/t11-,14+/m1/s1. The Balaban J connectivity index is 1.67. The van der Waals surface area contributed by atoms with Crippen LogP contribution in [0.1, 0.15) is 12.8 Å². The molecule has 1 aromatic rings. The van der Waals surface area contributed by atoms with Gasteiger partial charge in [-0.05, 0) is 32.0 Å². The molecule has 2 heterocycles. The van der Waals surface area contributed by atoms with Gasteiger partial charge in [0.15, 0.2) is 11.5 Å². The number of carbonyl (C=O) groups excluding carboxylic acids is 1. The second kappa shape index (κ2) is 5.71. The maximum Gasteiger partial charge on any atom is 0.267 e. The highest BCUT2D eigenvalue weighted by Gasteiger charge is 2.33. The number of rotatable bonds is 2. The third-order valence-electron chi connectivity index (χ3n) is 3.93. The highest BCUT2D eigenvalue weighted by atomic mass is 16.6. The molecule has 0 saturated carbocycles. The van der Waals surface area contributed by atoms with Crippen LogP contribution in [0.3, 0.4) is 0 Å². The molecular weight excluding hydrogens is 256 g/mol. The van der Waals surface area contributed by atoms with Crippen LogP contribution in [0.4, 0.5) is 0 Å². The second-order valence-corrected chi connectivity index (χ2v) is 5.28. The van der Waals surface area contributed by atoms with Crippen molar-refractivity contribution in [3.8, 4) is 11.5 Å². The van der Waals surface area contributed by atoms with Crippen molar-refractivity contribution >= 4 is 5.91 Å². The number of piperidine rings is 1. The van der Waals surface area contributed by atoms with Crippen molar-refractivity contribution in [3.05, 3.63) is 24.3 Å². The number of amides is 1. The first kappa shape index (κ1) is 13.2. The summed E-state index contributed by atoms with van der Waals surface area (Å²) in [7, 11) is 1.94. The average Bonchev–Trinajstić information content (AvgIpc) is 2.53. The topological polar surface area (TPSA) is 50.8 Å². The third kappa shape index (κ3) is 2.58. The number of carbonyl (C=O) groups is 1. The van der Waals surface area contributed by atoms with Gasteiger partial charge in [-0.3, -0.25) is 4.79 Å². The number of hydrogen-bond donors (Lipinski definition) is 1. The summed E-state index contributed by atoms with van der Waals surface area (Å²) in [4.78, 5) is 14.4. The van der Waals surface area contributed by atoms with E-state index >= 15 is 0 Å². The molecule has 0 aromatic heterocycles. The fraction of sp³-hybridized carbons (Fsp3) is 0.533. The Morgan fingerprint density at radius 3 is 2.95 bits per heavy atom. The summed E-state index contributed by atoms with van der Waals surface area (Å²) in [5, 5.41) is 3.24. The normalized spacial score (nSPS) is 25.4. The average molecular weight is 276 g/mol. The van der Waals surface area contributed by atoms with Gasteiger partial charge in [-0.1, -0.05) is 12.1 Å². The van der Waals surface area contributed by atoms with Crippen LogP contribution < -0.4 is 14.8 Å². The summed E-state index contributed by atoms with van der Waals surface area (Å²) < 4.78 is 11.4. The largest absolute Gasteiger partial charge is 0.485 e. The van der Waals surface area contributed by atoms with Crippen molar-refractivity contribution in [2.24, 2.45) is 0 Å². The minimum atomic E-state index is -0.527. The first-order valence-electron chi connectivity index (χ1n) is 7.12. The van der Waals surface area contributed by atoms with Crippen molar-refractivity contribution < 1.29 is 14.3 Å². The molecule has 1 fully saturated rings. The van der Waals surface area contributed by atoms with Gasteiger partial charge in [0.2, 0.25) is 6.10 Å². The molecule has 5 heteroatoms. The summed E-state index contributed by atoms with van der Waals surface area (Å²) in [6.45, 7) is 1.84. The van der Waals surface area contributed by atoms with Gasteiger partial charge in [0, 0.05) is 19.1 Å². The highest BCUT2D eigenvalue weighted by molar-refractivity contribution is 5.82. The number of fused-ring (bicyclic) bond motifs is 1. The van der Waals surface area contributed by atoms with E-state index in [2.05, 4.69) is 5.32 Å². The number of nitrogens with one attached hydrogen (secondary N) is 1. The number of ether oxygens (including phenoxy) is 2. The smallest absolute Gasteiger partial charge is 0.267 e. The van der Waals surface area contributed by atoms with Crippen LogP contribution >= 0.6 is 0 Å². The van der Waals surface area contributed by atoms with E-state index in [0.717, 1.165) is 25.9 Å². The van der Waals surface area contributed by atoms with E-state index in [1.807, 2.05) is 36.2 Å². The van der Waals surface area contributed by atoms with E-state index in [1.165, 1.54) is 0 Å². The summed E-state index contributed by atoms with van der Waals surface area (Å²) >= 11 is 0. The molecule has 1 N–H and O–H groups in total. The molecule has 20 heavy (non-hydrogen) atoms. The molecule has 0 radical (unpaired) electrons. The van der Waals surface area contributed by atoms with Crippen molar-refractivity contribution in [3.63, 3.8) is 0 Å². The molecular formula is C15H20N2O3.